The SMILES string of the molecule is CCC1(CC)CN(Cc2ccc(F)cc2)C(C)CCN1. The second-order valence-electron chi connectivity index (χ2n) is 6.08. The summed E-state index contributed by atoms with van der Waals surface area (Å²) >= 11 is 0. The maximum Gasteiger partial charge on any atom is 0.123 e. The van der Waals surface area contributed by atoms with Crippen LogP contribution in [0.3, 0.4) is 0 Å². The first kappa shape index (κ1) is 15.5. The van der Waals surface area contributed by atoms with Crippen molar-refractivity contribution in [3.63, 3.8) is 0 Å². The van der Waals surface area contributed by atoms with Gasteiger partial charge in [0.25, 0.3) is 0 Å². The summed E-state index contributed by atoms with van der Waals surface area (Å²) < 4.78 is 13.0. The van der Waals surface area contributed by atoms with Gasteiger partial charge in [0, 0.05) is 24.7 Å². The molecule has 1 fully saturated rings. The van der Waals surface area contributed by atoms with Crippen molar-refractivity contribution in [2.45, 2.75) is 58.2 Å². The molecule has 0 amide bonds. The molecule has 0 aromatic heterocycles. The predicted octanol–water partition coefficient (Wildman–Crippen LogP) is 3.57. The average Bonchev–Trinajstić information content (AvgIpc) is 2.62. The van der Waals surface area contributed by atoms with E-state index in [1.807, 2.05) is 12.1 Å². The molecule has 1 unspecified atom stereocenters. The molecule has 0 radical (unpaired) electrons. The highest BCUT2D eigenvalue weighted by Gasteiger charge is 2.32. The van der Waals surface area contributed by atoms with Crippen LogP contribution >= 0.6 is 0 Å². The molecule has 1 heterocycles. The van der Waals surface area contributed by atoms with Gasteiger partial charge in [0.05, 0.1) is 0 Å². The van der Waals surface area contributed by atoms with Gasteiger partial charge in [-0.25, -0.2) is 4.39 Å². The van der Waals surface area contributed by atoms with Gasteiger partial charge in [-0.05, 0) is 50.4 Å². The molecule has 0 bridgehead atoms. The fraction of sp³-hybridized carbons (Fsp3) is 0.647. The number of nitrogens with one attached hydrogen (secondary N) is 1. The number of rotatable bonds is 4. The van der Waals surface area contributed by atoms with E-state index in [0.717, 1.165) is 32.5 Å². The van der Waals surface area contributed by atoms with Crippen LogP contribution in [0.2, 0.25) is 0 Å². The number of hydrogen-bond acceptors (Lipinski definition) is 2. The largest absolute Gasteiger partial charge is 0.310 e. The topological polar surface area (TPSA) is 15.3 Å². The van der Waals surface area contributed by atoms with Crippen LogP contribution in [0.4, 0.5) is 4.39 Å². The molecule has 20 heavy (non-hydrogen) atoms. The Hall–Kier alpha value is -0.930. The Kier molecular flexibility index (Phi) is 5.17. The van der Waals surface area contributed by atoms with Gasteiger partial charge in [-0.1, -0.05) is 26.0 Å². The summed E-state index contributed by atoms with van der Waals surface area (Å²) in [6.45, 7) is 9.89. The fourth-order valence-electron chi connectivity index (χ4n) is 3.09. The summed E-state index contributed by atoms with van der Waals surface area (Å²) in [5.41, 5.74) is 1.42. The van der Waals surface area contributed by atoms with Gasteiger partial charge in [-0.15, -0.1) is 0 Å². The van der Waals surface area contributed by atoms with Gasteiger partial charge in [0.2, 0.25) is 0 Å². The standard InChI is InChI=1S/C17H27FN2/c1-4-17(5-2)13-20(14(3)10-11-19-17)12-15-6-8-16(18)9-7-15/h6-9,14,19H,4-5,10-13H2,1-3H3. The third-order valence-electron chi connectivity index (χ3n) is 4.84. The number of benzene rings is 1. The molecule has 2 rings (SSSR count). The summed E-state index contributed by atoms with van der Waals surface area (Å²) in [7, 11) is 0. The van der Waals surface area contributed by atoms with E-state index < -0.39 is 0 Å². The quantitative estimate of drug-likeness (QED) is 0.906. The van der Waals surface area contributed by atoms with Gasteiger partial charge in [-0.3, -0.25) is 4.90 Å². The molecule has 1 aliphatic rings. The van der Waals surface area contributed by atoms with Crippen LogP contribution in [0.25, 0.3) is 0 Å². The zero-order chi connectivity index (χ0) is 14.6. The number of halogens is 1. The fourth-order valence-corrected chi connectivity index (χ4v) is 3.09. The van der Waals surface area contributed by atoms with E-state index in [1.165, 1.54) is 12.0 Å². The van der Waals surface area contributed by atoms with Crippen LogP contribution < -0.4 is 5.32 Å². The minimum absolute atomic E-state index is 0.157. The van der Waals surface area contributed by atoms with Crippen LogP contribution in [0, 0.1) is 5.82 Å². The van der Waals surface area contributed by atoms with Gasteiger partial charge >= 0.3 is 0 Å². The van der Waals surface area contributed by atoms with Gasteiger partial charge in [-0.2, -0.15) is 0 Å². The summed E-state index contributed by atoms with van der Waals surface area (Å²) in [6.07, 6.45) is 3.47. The maximum absolute atomic E-state index is 13.0. The van der Waals surface area contributed by atoms with Crippen LogP contribution in [0.15, 0.2) is 24.3 Å². The van der Waals surface area contributed by atoms with E-state index in [1.54, 1.807) is 12.1 Å². The second-order valence-corrected chi connectivity index (χ2v) is 6.08. The monoisotopic (exact) mass is 278 g/mol. The molecule has 0 spiro atoms. The molecule has 3 heteroatoms. The van der Waals surface area contributed by atoms with Crippen molar-refractivity contribution in [2.24, 2.45) is 0 Å². The van der Waals surface area contributed by atoms with Crippen LogP contribution in [0.5, 0.6) is 0 Å². The lowest BCUT2D eigenvalue weighted by atomic mass is 9.92. The molecule has 1 aliphatic heterocycles. The zero-order valence-corrected chi connectivity index (χ0v) is 13.0. The molecule has 1 N–H and O–H groups in total. The lowest BCUT2D eigenvalue weighted by molar-refractivity contribution is 0.152. The van der Waals surface area contributed by atoms with Crippen LogP contribution in [-0.2, 0) is 6.54 Å². The first-order valence-corrected chi connectivity index (χ1v) is 7.82. The highest BCUT2D eigenvalue weighted by atomic mass is 19.1. The molecule has 0 aliphatic carbocycles. The van der Waals surface area contributed by atoms with Crippen LogP contribution in [-0.4, -0.2) is 29.6 Å². The maximum atomic E-state index is 13.0. The minimum Gasteiger partial charge on any atom is -0.310 e. The van der Waals surface area contributed by atoms with Crippen molar-refractivity contribution in [2.75, 3.05) is 13.1 Å². The van der Waals surface area contributed by atoms with Crippen molar-refractivity contribution in [3.05, 3.63) is 35.6 Å². The molecule has 1 aromatic rings. The van der Waals surface area contributed by atoms with E-state index in [9.17, 15) is 4.39 Å². The molecule has 112 valence electrons. The Morgan fingerprint density at radius 1 is 1.25 bits per heavy atom. The average molecular weight is 278 g/mol. The van der Waals surface area contributed by atoms with Crippen LogP contribution in [0.1, 0.15) is 45.6 Å². The third-order valence-corrected chi connectivity index (χ3v) is 4.84. The Morgan fingerprint density at radius 2 is 1.90 bits per heavy atom. The smallest absolute Gasteiger partial charge is 0.123 e. The summed E-state index contributed by atoms with van der Waals surface area (Å²) in [5.74, 6) is -0.157. The van der Waals surface area contributed by atoms with E-state index in [-0.39, 0.29) is 11.4 Å². The predicted molar refractivity (Wildman–Crippen MR) is 82.2 cm³/mol. The van der Waals surface area contributed by atoms with E-state index >= 15 is 0 Å². The second kappa shape index (κ2) is 6.68. The lowest BCUT2D eigenvalue weighted by Gasteiger charge is -2.37. The number of nitrogens with zero attached hydrogens (tertiary/aromatic N) is 1. The Morgan fingerprint density at radius 3 is 2.50 bits per heavy atom. The highest BCUT2D eigenvalue weighted by molar-refractivity contribution is 5.16. The molecular weight excluding hydrogens is 251 g/mol. The molecule has 1 aromatic carbocycles. The third kappa shape index (κ3) is 3.58. The highest BCUT2D eigenvalue weighted by Crippen LogP contribution is 2.24. The summed E-state index contributed by atoms with van der Waals surface area (Å²) in [5, 5.41) is 3.75. The van der Waals surface area contributed by atoms with Crippen molar-refractivity contribution >= 4 is 0 Å². The van der Waals surface area contributed by atoms with E-state index in [0.29, 0.717) is 6.04 Å². The van der Waals surface area contributed by atoms with Crippen molar-refractivity contribution < 1.29 is 4.39 Å². The first-order chi connectivity index (χ1) is 9.58. The van der Waals surface area contributed by atoms with Gasteiger partial charge in [0.1, 0.15) is 5.82 Å². The molecule has 1 atom stereocenters. The molecule has 0 saturated carbocycles. The van der Waals surface area contributed by atoms with E-state index in [4.69, 9.17) is 0 Å². The Balaban J connectivity index is 2.12. The summed E-state index contributed by atoms with van der Waals surface area (Å²) in [4.78, 5) is 2.54. The number of hydrogen-bond donors (Lipinski definition) is 1. The zero-order valence-electron chi connectivity index (χ0n) is 13.0. The molecular formula is C17H27FN2. The lowest BCUT2D eigenvalue weighted by Crippen LogP contribution is -2.51. The van der Waals surface area contributed by atoms with Gasteiger partial charge < -0.3 is 5.32 Å². The Labute approximate surface area is 122 Å². The first-order valence-electron chi connectivity index (χ1n) is 7.82. The summed E-state index contributed by atoms with van der Waals surface area (Å²) in [6, 6.07) is 7.48. The normalized spacial score (nSPS) is 23.5. The van der Waals surface area contributed by atoms with Crippen molar-refractivity contribution in [3.8, 4) is 0 Å². The molecule has 1 saturated heterocycles. The van der Waals surface area contributed by atoms with Crippen molar-refractivity contribution in [1.29, 1.82) is 0 Å². The Bertz CT molecular complexity index is 412. The van der Waals surface area contributed by atoms with E-state index in [2.05, 4.69) is 31.0 Å². The minimum atomic E-state index is -0.157. The van der Waals surface area contributed by atoms with Crippen molar-refractivity contribution in [1.82, 2.24) is 10.2 Å². The molecule has 2 nitrogen and oxygen atoms in total. The van der Waals surface area contributed by atoms with Gasteiger partial charge in [0.15, 0.2) is 0 Å².